The van der Waals surface area contributed by atoms with Gasteiger partial charge >= 0.3 is 0 Å². The van der Waals surface area contributed by atoms with Crippen molar-refractivity contribution in [3.63, 3.8) is 0 Å². The van der Waals surface area contributed by atoms with E-state index in [0.717, 1.165) is 12.8 Å². The van der Waals surface area contributed by atoms with E-state index >= 15 is 0 Å². The normalized spacial score (nSPS) is 17.6. The van der Waals surface area contributed by atoms with E-state index in [9.17, 15) is 4.79 Å². The lowest BCUT2D eigenvalue weighted by molar-refractivity contribution is -0.117. The number of carbonyl (C=O) groups excluding carboxylic acids is 1. The van der Waals surface area contributed by atoms with Crippen LogP contribution in [-0.2, 0) is 4.79 Å². The van der Waals surface area contributed by atoms with Crippen molar-refractivity contribution < 1.29 is 4.79 Å². The molecule has 0 spiro atoms. The van der Waals surface area contributed by atoms with Crippen molar-refractivity contribution in [1.29, 1.82) is 0 Å². The van der Waals surface area contributed by atoms with E-state index in [-0.39, 0.29) is 0 Å². The van der Waals surface area contributed by atoms with Crippen molar-refractivity contribution in [3.05, 3.63) is 0 Å². The van der Waals surface area contributed by atoms with E-state index in [4.69, 9.17) is 0 Å². The number of rotatable bonds is 8. The number of ketones is 1. The Kier molecular flexibility index (Phi) is 7.48. The van der Waals surface area contributed by atoms with E-state index in [0.29, 0.717) is 5.78 Å². The highest BCUT2D eigenvalue weighted by Crippen LogP contribution is 2.11. The zero-order valence-electron chi connectivity index (χ0n) is 10.8. The van der Waals surface area contributed by atoms with Gasteiger partial charge in [-0.05, 0) is 52.2 Å². The average Bonchev–Trinajstić information content (AvgIpc) is 2.29. The lowest BCUT2D eigenvalue weighted by Crippen LogP contribution is -2.30. The molecule has 0 aliphatic carbocycles. The number of Topliss-reactive ketones (excluding diaryl/α,β-unsaturated/α-hetero) is 1. The second-order valence-electron chi connectivity index (χ2n) is 5.12. The third kappa shape index (κ3) is 7.00. The molecule has 1 rings (SSSR count). The SMILES string of the molecule is CC(=O)CCCCCCCN1CCCCC1. The quantitative estimate of drug-likeness (QED) is 0.590. The van der Waals surface area contributed by atoms with Crippen LogP contribution in [0.25, 0.3) is 0 Å². The molecule has 16 heavy (non-hydrogen) atoms. The zero-order chi connectivity index (χ0) is 11.6. The van der Waals surface area contributed by atoms with Gasteiger partial charge in [-0.1, -0.05) is 25.7 Å². The molecule has 0 aromatic rings. The van der Waals surface area contributed by atoms with Gasteiger partial charge in [0, 0.05) is 6.42 Å². The van der Waals surface area contributed by atoms with Crippen molar-refractivity contribution >= 4 is 5.78 Å². The van der Waals surface area contributed by atoms with Gasteiger partial charge in [0.05, 0.1) is 0 Å². The molecular weight excluding hydrogens is 198 g/mol. The summed E-state index contributed by atoms with van der Waals surface area (Å²) in [7, 11) is 0. The largest absolute Gasteiger partial charge is 0.303 e. The topological polar surface area (TPSA) is 20.3 Å². The maximum absolute atomic E-state index is 10.7. The van der Waals surface area contributed by atoms with Gasteiger partial charge in [-0.15, -0.1) is 0 Å². The van der Waals surface area contributed by atoms with Crippen LogP contribution in [-0.4, -0.2) is 30.3 Å². The molecule has 0 aromatic heterocycles. The zero-order valence-corrected chi connectivity index (χ0v) is 10.8. The summed E-state index contributed by atoms with van der Waals surface area (Å²) >= 11 is 0. The molecule has 0 amide bonds. The first-order valence-electron chi connectivity index (χ1n) is 7.01. The number of carbonyl (C=O) groups is 1. The van der Waals surface area contributed by atoms with E-state index in [1.165, 1.54) is 64.6 Å². The van der Waals surface area contributed by atoms with Crippen LogP contribution in [0.3, 0.4) is 0 Å². The number of likely N-dealkylation sites (tertiary alicyclic amines) is 1. The number of unbranched alkanes of at least 4 members (excludes halogenated alkanes) is 4. The van der Waals surface area contributed by atoms with Crippen LogP contribution >= 0.6 is 0 Å². The second kappa shape index (κ2) is 8.74. The Hall–Kier alpha value is -0.370. The van der Waals surface area contributed by atoms with Crippen molar-refractivity contribution in [1.82, 2.24) is 4.90 Å². The summed E-state index contributed by atoms with van der Waals surface area (Å²) in [4.78, 5) is 13.3. The van der Waals surface area contributed by atoms with Crippen LogP contribution in [0.1, 0.15) is 64.7 Å². The Labute approximate surface area is 100 Å². The molecule has 1 heterocycles. The molecule has 0 saturated carbocycles. The first kappa shape index (κ1) is 13.7. The molecule has 1 aliphatic heterocycles. The summed E-state index contributed by atoms with van der Waals surface area (Å²) in [5.74, 6) is 0.341. The minimum absolute atomic E-state index is 0.341. The summed E-state index contributed by atoms with van der Waals surface area (Å²) in [6.07, 6.45) is 11.3. The van der Waals surface area contributed by atoms with Gasteiger partial charge < -0.3 is 9.69 Å². The van der Waals surface area contributed by atoms with Crippen LogP contribution in [0, 0.1) is 0 Å². The summed E-state index contributed by atoms with van der Waals surface area (Å²) in [6.45, 7) is 5.64. The van der Waals surface area contributed by atoms with Crippen molar-refractivity contribution in [2.45, 2.75) is 64.7 Å². The molecule has 0 N–H and O–H groups in total. The van der Waals surface area contributed by atoms with Crippen LogP contribution in [0.15, 0.2) is 0 Å². The first-order chi connectivity index (χ1) is 7.79. The maximum atomic E-state index is 10.7. The Morgan fingerprint density at radius 1 is 0.938 bits per heavy atom. The minimum atomic E-state index is 0.341. The minimum Gasteiger partial charge on any atom is -0.303 e. The summed E-state index contributed by atoms with van der Waals surface area (Å²) < 4.78 is 0. The summed E-state index contributed by atoms with van der Waals surface area (Å²) in [5.41, 5.74) is 0. The Bertz CT molecular complexity index is 185. The molecule has 1 saturated heterocycles. The molecule has 94 valence electrons. The van der Waals surface area contributed by atoms with Crippen molar-refractivity contribution in [2.75, 3.05) is 19.6 Å². The molecule has 1 fully saturated rings. The van der Waals surface area contributed by atoms with Crippen molar-refractivity contribution in [3.8, 4) is 0 Å². The molecule has 0 atom stereocenters. The van der Waals surface area contributed by atoms with E-state index in [1.807, 2.05) is 0 Å². The van der Waals surface area contributed by atoms with Gasteiger partial charge in [-0.2, -0.15) is 0 Å². The second-order valence-corrected chi connectivity index (χ2v) is 5.12. The summed E-state index contributed by atoms with van der Waals surface area (Å²) in [6, 6.07) is 0. The van der Waals surface area contributed by atoms with Crippen LogP contribution in [0.5, 0.6) is 0 Å². The first-order valence-corrected chi connectivity index (χ1v) is 7.01. The van der Waals surface area contributed by atoms with Gasteiger partial charge in [0.2, 0.25) is 0 Å². The van der Waals surface area contributed by atoms with Gasteiger partial charge in [0.1, 0.15) is 5.78 Å². The fraction of sp³-hybridized carbons (Fsp3) is 0.929. The van der Waals surface area contributed by atoms with E-state index < -0.39 is 0 Å². The molecule has 0 unspecified atom stereocenters. The number of piperidine rings is 1. The van der Waals surface area contributed by atoms with Crippen LogP contribution < -0.4 is 0 Å². The predicted molar refractivity (Wildman–Crippen MR) is 68.7 cm³/mol. The standard InChI is InChI=1S/C14H27NO/c1-14(16)10-6-3-2-4-7-11-15-12-8-5-9-13-15/h2-13H2,1H3. The number of nitrogens with zero attached hydrogens (tertiary/aromatic N) is 1. The number of hydrogen-bond acceptors (Lipinski definition) is 2. The van der Waals surface area contributed by atoms with E-state index in [2.05, 4.69) is 4.90 Å². The third-order valence-electron chi connectivity index (χ3n) is 3.45. The maximum Gasteiger partial charge on any atom is 0.129 e. The molecule has 0 radical (unpaired) electrons. The van der Waals surface area contributed by atoms with E-state index in [1.54, 1.807) is 6.92 Å². The highest BCUT2D eigenvalue weighted by Gasteiger charge is 2.08. The Morgan fingerprint density at radius 3 is 2.25 bits per heavy atom. The van der Waals surface area contributed by atoms with Crippen molar-refractivity contribution in [2.24, 2.45) is 0 Å². The molecule has 0 bridgehead atoms. The van der Waals surface area contributed by atoms with Crippen LogP contribution in [0.4, 0.5) is 0 Å². The lowest BCUT2D eigenvalue weighted by Gasteiger charge is -2.26. The van der Waals surface area contributed by atoms with Gasteiger partial charge in [-0.25, -0.2) is 0 Å². The lowest BCUT2D eigenvalue weighted by atomic mass is 10.1. The molecule has 2 nitrogen and oxygen atoms in total. The third-order valence-corrected chi connectivity index (χ3v) is 3.45. The highest BCUT2D eigenvalue weighted by molar-refractivity contribution is 5.75. The Balaban J connectivity index is 1.82. The molecule has 2 heteroatoms. The molecule has 1 aliphatic rings. The Morgan fingerprint density at radius 2 is 1.56 bits per heavy atom. The monoisotopic (exact) mass is 225 g/mol. The fourth-order valence-electron chi connectivity index (χ4n) is 2.42. The summed E-state index contributed by atoms with van der Waals surface area (Å²) in [5, 5.41) is 0. The average molecular weight is 225 g/mol. The number of hydrogen-bond donors (Lipinski definition) is 0. The smallest absolute Gasteiger partial charge is 0.129 e. The highest BCUT2D eigenvalue weighted by atomic mass is 16.1. The fourth-order valence-corrected chi connectivity index (χ4v) is 2.42. The van der Waals surface area contributed by atoms with Gasteiger partial charge in [-0.3, -0.25) is 0 Å². The van der Waals surface area contributed by atoms with Gasteiger partial charge in [0.15, 0.2) is 0 Å². The molecular formula is C14H27NO. The van der Waals surface area contributed by atoms with Crippen LogP contribution in [0.2, 0.25) is 0 Å². The molecule has 0 aromatic carbocycles. The van der Waals surface area contributed by atoms with Gasteiger partial charge in [0.25, 0.3) is 0 Å². The predicted octanol–water partition coefficient (Wildman–Crippen LogP) is 3.40.